The van der Waals surface area contributed by atoms with Crippen molar-refractivity contribution in [1.29, 1.82) is 0 Å². The topological polar surface area (TPSA) is 63.4 Å². The molecule has 1 aromatic heterocycles. The third-order valence-electron chi connectivity index (χ3n) is 3.37. The smallest absolute Gasteiger partial charge is 0.252 e. The van der Waals surface area contributed by atoms with E-state index in [0.717, 1.165) is 24.1 Å². The van der Waals surface area contributed by atoms with Crippen molar-refractivity contribution < 1.29 is 8.42 Å². The van der Waals surface area contributed by atoms with E-state index in [9.17, 15) is 8.42 Å². The average Bonchev–Trinajstić information content (AvgIpc) is 2.77. The van der Waals surface area contributed by atoms with Gasteiger partial charge in [-0.1, -0.05) is 0 Å². The summed E-state index contributed by atoms with van der Waals surface area (Å²) in [7, 11) is -3.28. The van der Waals surface area contributed by atoms with Crippen LogP contribution in [0.2, 0.25) is 0 Å². The summed E-state index contributed by atoms with van der Waals surface area (Å²) in [4.78, 5) is 1.03. The quantitative estimate of drug-likeness (QED) is 0.919. The van der Waals surface area contributed by atoms with Crippen LogP contribution < -0.4 is 5.73 Å². The van der Waals surface area contributed by atoms with E-state index in [1.165, 1.54) is 11.3 Å². The van der Waals surface area contributed by atoms with Crippen LogP contribution in [0.25, 0.3) is 0 Å². The van der Waals surface area contributed by atoms with Gasteiger partial charge in [-0.25, -0.2) is 8.42 Å². The second-order valence-corrected chi connectivity index (χ2v) is 8.27. The third-order valence-corrected chi connectivity index (χ3v) is 6.70. The second-order valence-electron chi connectivity index (χ2n) is 4.81. The molecule has 0 aromatic carbocycles. The van der Waals surface area contributed by atoms with E-state index in [-0.39, 0.29) is 0 Å². The van der Waals surface area contributed by atoms with E-state index in [2.05, 4.69) is 0 Å². The zero-order chi connectivity index (χ0) is 13.2. The van der Waals surface area contributed by atoms with Crippen LogP contribution in [0.1, 0.15) is 24.1 Å². The molecule has 1 unspecified atom stereocenters. The lowest BCUT2D eigenvalue weighted by atomic mass is 9.96. The van der Waals surface area contributed by atoms with E-state index in [1.807, 2.05) is 13.0 Å². The van der Waals surface area contributed by atoms with Crippen LogP contribution in [0.4, 0.5) is 0 Å². The largest absolute Gasteiger partial charge is 0.330 e. The molecule has 0 spiro atoms. The minimum Gasteiger partial charge on any atom is -0.330 e. The minimum absolute atomic E-state index is 0.416. The van der Waals surface area contributed by atoms with Crippen molar-refractivity contribution in [3.63, 3.8) is 0 Å². The lowest BCUT2D eigenvalue weighted by Gasteiger charge is -2.31. The van der Waals surface area contributed by atoms with Crippen LogP contribution >= 0.6 is 11.3 Å². The summed E-state index contributed by atoms with van der Waals surface area (Å²) in [5.41, 5.74) is 5.56. The monoisotopic (exact) mass is 288 g/mol. The van der Waals surface area contributed by atoms with E-state index < -0.39 is 10.0 Å². The first kappa shape index (κ1) is 14.0. The Hall–Kier alpha value is -0.430. The molecule has 1 aliphatic rings. The molecule has 1 atom stereocenters. The number of hydrogen-bond donors (Lipinski definition) is 1. The van der Waals surface area contributed by atoms with Gasteiger partial charge in [0, 0.05) is 18.0 Å². The highest BCUT2D eigenvalue weighted by Crippen LogP contribution is 2.28. The van der Waals surface area contributed by atoms with Crippen molar-refractivity contribution in [2.45, 2.75) is 30.4 Å². The number of piperidine rings is 1. The summed E-state index contributed by atoms with van der Waals surface area (Å²) >= 11 is 1.35. The van der Waals surface area contributed by atoms with Gasteiger partial charge in [-0.2, -0.15) is 4.31 Å². The molecule has 0 radical (unpaired) electrons. The Morgan fingerprint density at radius 3 is 2.89 bits per heavy atom. The van der Waals surface area contributed by atoms with Crippen molar-refractivity contribution in [2.75, 3.05) is 19.6 Å². The zero-order valence-electron chi connectivity index (χ0n) is 10.6. The molecule has 0 amide bonds. The maximum Gasteiger partial charge on any atom is 0.252 e. The Kier molecular flexibility index (Phi) is 4.42. The Morgan fingerprint density at radius 1 is 1.50 bits per heavy atom. The summed E-state index contributed by atoms with van der Waals surface area (Å²) < 4.78 is 27.0. The summed E-state index contributed by atoms with van der Waals surface area (Å²) in [5, 5.41) is 0. The average molecular weight is 288 g/mol. The fourth-order valence-corrected chi connectivity index (χ4v) is 5.39. The number of hydrogen-bond acceptors (Lipinski definition) is 4. The predicted octanol–water partition coefficient (Wildman–Crippen LogP) is 1.81. The molecular weight excluding hydrogens is 268 g/mol. The molecule has 1 fully saturated rings. The number of nitrogens with two attached hydrogens (primary N) is 1. The Morgan fingerprint density at radius 2 is 2.28 bits per heavy atom. The molecule has 2 rings (SSSR count). The van der Waals surface area contributed by atoms with Crippen molar-refractivity contribution in [3.05, 3.63) is 17.0 Å². The maximum atomic E-state index is 12.5. The summed E-state index contributed by atoms with van der Waals surface area (Å²) in [6.45, 7) is 3.82. The highest BCUT2D eigenvalue weighted by Gasteiger charge is 2.30. The van der Waals surface area contributed by atoms with Gasteiger partial charge in [-0.05, 0) is 50.8 Å². The number of sulfonamides is 1. The summed E-state index contributed by atoms with van der Waals surface area (Å²) in [6, 6.07) is 3.57. The normalized spacial score (nSPS) is 22.2. The third kappa shape index (κ3) is 2.93. The Balaban J connectivity index is 2.15. The van der Waals surface area contributed by atoms with Gasteiger partial charge in [0.25, 0.3) is 10.0 Å². The molecule has 0 bridgehead atoms. The SMILES string of the molecule is Cc1ccc(S(=O)(=O)N2CCCC(CCN)C2)s1. The molecule has 6 heteroatoms. The molecule has 18 heavy (non-hydrogen) atoms. The zero-order valence-corrected chi connectivity index (χ0v) is 12.3. The van der Waals surface area contributed by atoms with Crippen LogP contribution in [0, 0.1) is 12.8 Å². The van der Waals surface area contributed by atoms with E-state index >= 15 is 0 Å². The Labute approximate surface area is 113 Å². The summed E-state index contributed by atoms with van der Waals surface area (Å²) in [6.07, 6.45) is 2.94. The van der Waals surface area contributed by atoms with Gasteiger partial charge in [0.2, 0.25) is 0 Å². The Bertz CT molecular complexity index is 494. The van der Waals surface area contributed by atoms with E-state index in [4.69, 9.17) is 5.73 Å². The molecule has 4 nitrogen and oxygen atoms in total. The molecule has 1 aliphatic heterocycles. The minimum atomic E-state index is -3.28. The van der Waals surface area contributed by atoms with Crippen LogP contribution in [0.5, 0.6) is 0 Å². The van der Waals surface area contributed by atoms with Crippen LogP contribution in [0.3, 0.4) is 0 Å². The van der Waals surface area contributed by atoms with Crippen molar-refractivity contribution in [3.8, 4) is 0 Å². The highest BCUT2D eigenvalue weighted by atomic mass is 32.2. The fraction of sp³-hybridized carbons (Fsp3) is 0.667. The first-order valence-electron chi connectivity index (χ1n) is 6.30. The first-order chi connectivity index (χ1) is 8.54. The van der Waals surface area contributed by atoms with Crippen LogP contribution in [-0.4, -0.2) is 32.4 Å². The molecule has 2 heterocycles. The molecule has 1 aromatic rings. The van der Waals surface area contributed by atoms with Crippen molar-refractivity contribution in [1.82, 2.24) is 4.31 Å². The molecular formula is C12H20N2O2S2. The maximum absolute atomic E-state index is 12.5. The number of aryl methyl sites for hydroxylation is 1. The van der Waals surface area contributed by atoms with Crippen LogP contribution in [0.15, 0.2) is 16.3 Å². The van der Waals surface area contributed by atoms with Gasteiger partial charge >= 0.3 is 0 Å². The standard InChI is InChI=1S/C12H20N2O2S2/c1-10-4-5-12(17-10)18(15,16)14-8-2-3-11(9-14)6-7-13/h4-5,11H,2-3,6-9,13H2,1H3. The molecule has 102 valence electrons. The second kappa shape index (κ2) is 5.69. The number of nitrogens with zero attached hydrogens (tertiary/aromatic N) is 1. The van der Waals surface area contributed by atoms with Crippen LogP contribution in [-0.2, 0) is 10.0 Å². The highest BCUT2D eigenvalue weighted by molar-refractivity contribution is 7.91. The van der Waals surface area contributed by atoms with Gasteiger partial charge in [-0.15, -0.1) is 11.3 Å². The van der Waals surface area contributed by atoms with Crippen molar-refractivity contribution >= 4 is 21.4 Å². The van der Waals surface area contributed by atoms with Gasteiger partial charge < -0.3 is 5.73 Å². The first-order valence-corrected chi connectivity index (χ1v) is 8.56. The molecule has 0 saturated carbocycles. The number of thiophene rings is 1. The fourth-order valence-electron chi connectivity index (χ4n) is 2.39. The van der Waals surface area contributed by atoms with Gasteiger partial charge in [0.05, 0.1) is 0 Å². The predicted molar refractivity (Wildman–Crippen MR) is 74.2 cm³/mol. The lowest BCUT2D eigenvalue weighted by molar-refractivity contribution is 0.258. The van der Waals surface area contributed by atoms with Gasteiger partial charge in [0.1, 0.15) is 4.21 Å². The van der Waals surface area contributed by atoms with E-state index in [1.54, 1.807) is 10.4 Å². The summed E-state index contributed by atoms with van der Waals surface area (Å²) in [5.74, 6) is 0.416. The lowest BCUT2D eigenvalue weighted by Crippen LogP contribution is -2.40. The molecule has 1 saturated heterocycles. The molecule has 0 aliphatic carbocycles. The van der Waals surface area contributed by atoms with Crippen molar-refractivity contribution in [2.24, 2.45) is 11.7 Å². The van der Waals surface area contributed by atoms with Gasteiger partial charge in [-0.3, -0.25) is 0 Å². The molecule has 2 N–H and O–H groups in total. The van der Waals surface area contributed by atoms with E-state index in [0.29, 0.717) is 29.8 Å². The number of rotatable bonds is 4. The van der Waals surface area contributed by atoms with Gasteiger partial charge in [0.15, 0.2) is 0 Å².